The number of hydrogen-bond acceptors (Lipinski definition) is 4. The van der Waals surface area contributed by atoms with E-state index in [1.54, 1.807) is 13.8 Å². The van der Waals surface area contributed by atoms with E-state index in [0.717, 1.165) is 32.1 Å². The second-order valence-electron chi connectivity index (χ2n) is 9.19. The minimum atomic E-state index is -2.20. The van der Waals surface area contributed by atoms with E-state index in [1.165, 1.54) is 39.2 Å². The van der Waals surface area contributed by atoms with Gasteiger partial charge in [-0.15, -0.1) is 0 Å². The van der Waals surface area contributed by atoms with Gasteiger partial charge in [-0.1, -0.05) is 71.4 Å². The highest BCUT2D eigenvalue weighted by Crippen LogP contribution is 2.39. The third kappa shape index (κ3) is 7.53. The number of carboxylic acids is 1. The Kier molecular flexibility index (Phi) is 11.1. The predicted molar refractivity (Wildman–Crippen MR) is 116 cm³/mol. The second kappa shape index (κ2) is 12.5. The molecule has 1 unspecified atom stereocenters. The third-order valence-electron chi connectivity index (χ3n) is 6.58. The van der Waals surface area contributed by atoms with Gasteiger partial charge in [0, 0.05) is 24.9 Å². The quantitative estimate of drug-likeness (QED) is 0.211. The molecule has 0 saturated heterocycles. The van der Waals surface area contributed by atoms with Crippen molar-refractivity contribution >= 4 is 11.8 Å². The molecule has 0 bridgehead atoms. The van der Waals surface area contributed by atoms with E-state index in [9.17, 15) is 19.8 Å². The summed E-state index contributed by atoms with van der Waals surface area (Å²) in [7, 11) is 1.22. The number of aliphatic hydroxyl groups is 1. The smallest absolute Gasteiger partial charge is 0.364 e. The summed E-state index contributed by atoms with van der Waals surface area (Å²) in [4.78, 5) is 23.7. The average Bonchev–Trinajstić information content (AvgIpc) is 3.03. The summed E-state index contributed by atoms with van der Waals surface area (Å²) in [6, 6.07) is 0. The van der Waals surface area contributed by atoms with E-state index in [2.05, 4.69) is 19.1 Å². The molecule has 1 aliphatic carbocycles. The molecule has 1 fully saturated rings. The lowest BCUT2D eigenvalue weighted by Crippen LogP contribution is -2.53. The number of Topliss-reactive ketones (excluding diaryl/α,β-unsaturated/α-hetero) is 1. The highest BCUT2D eigenvalue weighted by molar-refractivity contribution is 5.83. The molecule has 1 aliphatic rings. The van der Waals surface area contributed by atoms with Gasteiger partial charge in [-0.05, 0) is 38.0 Å². The van der Waals surface area contributed by atoms with E-state index in [-0.39, 0.29) is 5.92 Å². The van der Waals surface area contributed by atoms with Crippen molar-refractivity contribution in [3.05, 3.63) is 12.2 Å². The summed E-state index contributed by atoms with van der Waals surface area (Å²) < 4.78 is 4.91. The minimum absolute atomic E-state index is 0.0928. The number of methoxy groups -OCH3 is 1. The molecule has 0 radical (unpaired) electrons. The number of hydrogen-bond donors (Lipinski definition) is 2. The molecule has 29 heavy (non-hydrogen) atoms. The van der Waals surface area contributed by atoms with Crippen LogP contribution in [0.3, 0.4) is 0 Å². The summed E-state index contributed by atoms with van der Waals surface area (Å²) in [6.07, 6.45) is 16.6. The van der Waals surface area contributed by atoms with Crippen molar-refractivity contribution < 1.29 is 24.5 Å². The summed E-state index contributed by atoms with van der Waals surface area (Å²) >= 11 is 0. The fourth-order valence-corrected chi connectivity index (χ4v) is 4.43. The maximum absolute atomic E-state index is 12.3. The Morgan fingerprint density at radius 3 is 2.48 bits per heavy atom. The fraction of sp³-hybridized carbons (Fsp3) is 0.833. The van der Waals surface area contributed by atoms with Gasteiger partial charge in [0.15, 0.2) is 0 Å². The van der Waals surface area contributed by atoms with Gasteiger partial charge in [-0.25, -0.2) is 4.79 Å². The topological polar surface area (TPSA) is 83.8 Å². The van der Waals surface area contributed by atoms with Gasteiger partial charge in [-0.2, -0.15) is 0 Å². The van der Waals surface area contributed by atoms with E-state index in [0.29, 0.717) is 24.5 Å². The van der Waals surface area contributed by atoms with Crippen LogP contribution in [-0.2, 0) is 14.3 Å². The van der Waals surface area contributed by atoms with Crippen LogP contribution in [0.4, 0.5) is 0 Å². The molecule has 0 aromatic heterocycles. The van der Waals surface area contributed by atoms with Crippen LogP contribution in [0, 0.1) is 17.3 Å². The van der Waals surface area contributed by atoms with Crippen molar-refractivity contribution in [2.75, 3.05) is 7.11 Å². The van der Waals surface area contributed by atoms with Crippen LogP contribution in [0.25, 0.3) is 0 Å². The van der Waals surface area contributed by atoms with Gasteiger partial charge in [-0.3, -0.25) is 4.79 Å². The van der Waals surface area contributed by atoms with Gasteiger partial charge >= 0.3 is 5.97 Å². The lowest BCUT2D eigenvalue weighted by molar-refractivity contribution is -0.256. The molecule has 1 saturated carbocycles. The van der Waals surface area contributed by atoms with Crippen molar-refractivity contribution in [2.45, 2.75) is 104 Å². The Labute approximate surface area is 176 Å². The van der Waals surface area contributed by atoms with E-state index in [4.69, 9.17) is 4.74 Å². The summed E-state index contributed by atoms with van der Waals surface area (Å²) in [5.41, 5.74) is -0.912. The molecule has 5 heteroatoms. The zero-order chi connectivity index (χ0) is 21.9. The molecule has 0 spiro atoms. The third-order valence-corrected chi connectivity index (χ3v) is 6.58. The summed E-state index contributed by atoms with van der Waals surface area (Å²) in [5, 5.41) is 19.6. The zero-order valence-corrected chi connectivity index (χ0v) is 18.9. The molecule has 0 amide bonds. The molecule has 0 aliphatic heterocycles. The number of carbonyl (C=O) groups excluding carboxylic acids is 1. The van der Waals surface area contributed by atoms with Crippen LogP contribution >= 0.6 is 0 Å². The molecular weight excluding hydrogens is 368 g/mol. The molecule has 5 nitrogen and oxygen atoms in total. The number of ketones is 1. The Balaban J connectivity index is 2.43. The summed E-state index contributed by atoms with van der Waals surface area (Å²) in [6.45, 7) is 5.64. The monoisotopic (exact) mass is 410 g/mol. The van der Waals surface area contributed by atoms with E-state index >= 15 is 0 Å². The van der Waals surface area contributed by atoms with Gasteiger partial charge < -0.3 is 14.9 Å². The lowest BCUT2D eigenvalue weighted by atomic mass is 9.77. The van der Waals surface area contributed by atoms with Crippen molar-refractivity contribution in [3.8, 4) is 0 Å². The van der Waals surface area contributed by atoms with Crippen molar-refractivity contribution in [2.24, 2.45) is 17.3 Å². The first-order valence-electron chi connectivity index (χ1n) is 11.4. The van der Waals surface area contributed by atoms with Crippen molar-refractivity contribution in [1.82, 2.24) is 0 Å². The second-order valence-corrected chi connectivity index (χ2v) is 9.19. The number of unbranched alkanes of at least 4 members (excludes halogenated alkanes) is 6. The number of aliphatic carboxylic acids is 1. The van der Waals surface area contributed by atoms with Crippen LogP contribution in [0.2, 0.25) is 0 Å². The van der Waals surface area contributed by atoms with Crippen LogP contribution in [0.1, 0.15) is 97.8 Å². The molecule has 0 aromatic carbocycles. The number of carbonyl (C=O) groups is 2. The van der Waals surface area contributed by atoms with Gasteiger partial charge in [0.25, 0.3) is 5.79 Å². The van der Waals surface area contributed by atoms with Gasteiger partial charge in [0.05, 0.1) is 0 Å². The highest BCUT2D eigenvalue weighted by atomic mass is 16.6. The maximum atomic E-state index is 12.3. The number of rotatable bonds is 15. The SMILES string of the molecule is CCCCCCCC=C[C@H]1CCC(=O)[C@@H]1CCCCC(C)(C)C(O)(OC)C(=O)O. The van der Waals surface area contributed by atoms with Crippen LogP contribution in [0.5, 0.6) is 0 Å². The fourth-order valence-electron chi connectivity index (χ4n) is 4.43. The molecule has 2 N–H and O–H groups in total. The largest absolute Gasteiger partial charge is 0.477 e. The van der Waals surface area contributed by atoms with Crippen molar-refractivity contribution in [3.63, 3.8) is 0 Å². The zero-order valence-electron chi connectivity index (χ0n) is 18.9. The van der Waals surface area contributed by atoms with Gasteiger partial charge in [0.1, 0.15) is 5.78 Å². The molecule has 168 valence electrons. The Bertz CT molecular complexity index is 539. The Hall–Kier alpha value is -1.20. The number of allylic oxidation sites excluding steroid dienone is 2. The van der Waals surface area contributed by atoms with E-state index in [1.807, 2.05) is 0 Å². The number of ether oxygens (including phenoxy) is 1. The van der Waals surface area contributed by atoms with Crippen LogP contribution in [0.15, 0.2) is 12.2 Å². The lowest BCUT2D eigenvalue weighted by Gasteiger charge is -2.37. The molecular formula is C24H42O5. The molecule has 3 atom stereocenters. The highest BCUT2D eigenvalue weighted by Gasteiger charge is 2.50. The minimum Gasteiger partial charge on any atom is -0.477 e. The van der Waals surface area contributed by atoms with E-state index < -0.39 is 17.2 Å². The number of carboxylic acid groups (broad SMARTS) is 1. The molecule has 1 rings (SSSR count). The van der Waals surface area contributed by atoms with Crippen LogP contribution < -0.4 is 0 Å². The van der Waals surface area contributed by atoms with Crippen LogP contribution in [-0.4, -0.2) is 34.9 Å². The first-order chi connectivity index (χ1) is 13.7. The molecule has 0 aromatic rings. The molecule has 0 heterocycles. The summed E-state index contributed by atoms with van der Waals surface area (Å²) in [5.74, 6) is -2.76. The first kappa shape index (κ1) is 25.8. The Morgan fingerprint density at radius 1 is 1.17 bits per heavy atom. The Morgan fingerprint density at radius 2 is 1.86 bits per heavy atom. The van der Waals surface area contributed by atoms with Crippen molar-refractivity contribution in [1.29, 1.82) is 0 Å². The first-order valence-corrected chi connectivity index (χ1v) is 11.4. The predicted octanol–water partition coefficient (Wildman–Crippen LogP) is 5.50. The normalized spacial score (nSPS) is 22.3. The maximum Gasteiger partial charge on any atom is 0.364 e. The van der Waals surface area contributed by atoms with Gasteiger partial charge in [0.2, 0.25) is 0 Å². The standard InChI is InChI=1S/C24H42O5/c1-5-6-7-8-9-10-11-14-19-16-17-21(25)20(19)15-12-13-18-23(2,3)24(28,29-4)22(26)27/h11,14,19-20,28H,5-10,12-13,15-18H2,1-4H3,(H,26,27)/t19-,20+,24?/m0/s1. The average molecular weight is 411 g/mol.